The third kappa shape index (κ3) is 2.76. The Kier molecular flexibility index (Phi) is 3.55. The van der Waals surface area contributed by atoms with Crippen LogP contribution in [-0.2, 0) is 0 Å². The predicted octanol–water partition coefficient (Wildman–Crippen LogP) is 3.43. The second kappa shape index (κ2) is 5.14. The number of para-hydroxylation sites is 1. The Morgan fingerprint density at radius 1 is 1.05 bits per heavy atom. The first-order chi connectivity index (χ1) is 8.99. The summed E-state index contributed by atoms with van der Waals surface area (Å²) in [5.41, 5.74) is 14.6. The van der Waals surface area contributed by atoms with E-state index in [2.05, 4.69) is 4.74 Å². The summed E-state index contributed by atoms with van der Waals surface area (Å²) in [6.45, 7) is -1.04. The summed E-state index contributed by atoms with van der Waals surface area (Å²) in [5.74, 6) is 0.0553. The van der Waals surface area contributed by atoms with Crippen LogP contribution in [0.4, 0.5) is 20.2 Å². The minimum atomic E-state index is -2.89. The van der Waals surface area contributed by atoms with Gasteiger partial charge in [-0.05, 0) is 30.7 Å². The summed E-state index contributed by atoms with van der Waals surface area (Å²) < 4.78 is 29.3. The van der Waals surface area contributed by atoms with Gasteiger partial charge in [0, 0.05) is 22.5 Å². The van der Waals surface area contributed by atoms with Gasteiger partial charge in [0.2, 0.25) is 0 Å². The van der Waals surface area contributed by atoms with Crippen LogP contribution in [0, 0.1) is 6.92 Å². The molecule has 2 aromatic rings. The molecule has 0 saturated carbocycles. The van der Waals surface area contributed by atoms with Crippen LogP contribution in [0.1, 0.15) is 5.56 Å². The fraction of sp³-hybridized carbons (Fsp3) is 0.143. The van der Waals surface area contributed by atoms with Crippen molar-refractivity contribution in [3.63, 3.8) is 0 Å². The van der Waals surface area contributed by atoms with E-state index in [9.17, 15) is 8.78 Å². The van der Waals surface area contributed by atoms with E-state index in [0.29, 0.717) is 22.5 Å². The highest BCUT2D eigenvalue weighted by atomic mass is 19.3. The molecule has 0 heterocycles. The number of nitrogen functional groups attached to an aromatic ring is 2. The van der Waals surface area contributed by atoms with Gasteiger partial charge >= 0.3 is 6.61 Å². The third-order valence-corrected chi connectivity index (χ3v) is 2.72. The Balaban J connectivity index is 2.59. The lowest BCUT2D eigenvalue weighted by Gasteiger charge is -2.15. The summed E-state index contributed by atoms with van der Waals surface area (Å²) in [6.07, 6.45) is 0. The van der Waals surface area contributed by atoms with Crippen LogP contribution in [0.3, 0.4) is 0 Å². The van der Waals surface area contributed by atoms with Crippen molar-refractivity contribution in [2.45, 2.75) is 13.5 Å². The first kappa shape index (κ1) is 13.1. The van der Waals surface area contributed by atoms with Crippen molar-refractivity contribution in [2.75, 3.05) is 11.5 Å². The predicted molar refractivity (Wildman–Crippen MR) is 72.1 cm³/mol. The van der Waals surface area contributed by atoms with Gasteiger partial charge in [-0.25, -0.2) is 0 Å². The lowest BCUT2D eigenvalue weighted by Crippen LogP contribution is -2.04. The van der Waals surface area contributed by atoms with Crippen LogP contribution in [0.5, 0.6) is 5.75 Å². The van der Waals surface area contributed by atoms with E-state index in [0.717, 1.165) is 5.56 Å². The highest BCUT2D eigenvalue weighted by Gasteiger charge is 2.15. The Morgan fingerprint density at radius 2 is 1.63 bits per heavy atom. The van der Waals surface area contributed by atoms with Gasteiger partial charge in [-0.1, -0.05) is 18.2 Å². The van der Waals surface area contributed by atoms with Crippen LogP contribution in [-0.4, -0.2) is 6.61 Å². The Bertz CT molecular complexity index is 577. The standard InChI is InChI=1S/C14H14F2N2O/c1-8-6-10(17)13(11(18)7-8)9-4-2-3-5-12(9)19-14(15)16/h2-7,14H,17-18H2,1H3. The number of hydrogen-bond donors (Lipinski definition) is 2. The molecular weight excluding hydrogens is 250 g/mol. The van der Waals surface area contributed by atoms with E-state index < -0.39 is 6.61 Å². The van der Waals surface area contributed by atoms with Gasteiger partial charge in [0.25, 0.3) is 0 Å². The quantitative estimate of drug-likeness (QED) is 0.835. The largest absolute Gasteiger partial charge is 0.434 e. The second-order valence-electron chi connectivity index (χ2n) is 4.19. The molecule has 4 N–H and O–H groups in total. The van der Waals surface area contributed by atoms with Crippen LogP contribution >= 0.6 is 0 Å². The highest BCUT2D eigenvalue weighted by molar-refractivity contribution is 5.89. The first-order valence-electron chi connectivity index (χ1n) is 5.69. The summed E-state index contributed by atoms with van der Waals surface area (Å²) in [4.78, 5) is 0. The Labute approximate surface area is 109 Å². The SMILES string of the molecule is Cc1cc(N)c(-c2ccccc2OC(F)F)c(N)c1. The molecule has 0 aliphatic rings. The molecule has 0 bridgehead atoms. The highest BCUT2D eigenvalue weighted by Crippen LogP contribution is 2.38. The van der Waals surface area contributed by atoms with Gasteiger partial charge in [-0.2, -0.15) is 8.78 Å². The van der Waals surface area contributed by atoms with Crippen LogP contribution in [0.15, 0.2) is 36.4 Å². The monoisotopic (exact) mass is 264 g/mol. The number of aryl methyl sites for hydroxylation is 1. The lowest BCUT2D eigenvalue weighted by atomic mass is 9.99. The molecule has 5 heteroatoms. The summed E-state index contributed by atoms with van der Waals surface area (Å²) in [6, 6.07) is 9.92. The smallest absolute Gasteiger partial charge is 0.387 e. The van der Waals surface area contributed by atoms with Gasteiger partial charge < -0.3 is 16.2 Å². The maximum absolute atomic E-state index is 12.4. The molecule has 0 spiro atoms. The zero-order valence-electron chi connectivity index (χ0n) is 10.4. The average Bonchev–Trinajstić information content (AvgIpc) is 2.29. The number of benzene rings is 2. The summed E-state index contributed by atoms with van der Waals surface area (Å²) in [7, 11) is 0. The normalized spacial score (nSPS) is 10.7. The number of anilines is 2. The molecule has 0 radical (unpaired) electrons. The molecule has 0 aliphatic heterocycles. The molecule has 0 aliphatic carbocycles. The molecule has 19 heavy (non-hydrogen) atoms. The van der Waals surface area contributed by atoms with E-state index >= 15 is 0 Å². The number of halogens is 2. The van der Waals surface area contributed by atoms with Crippen molar-refractivity contribution in [3.05, 3.63) is 42.0 Å². The van der Waals surface area contributed by atoms with E-state index in [-0.39, 0.29) is 5.75 Å². The van der Waals surface area contributed by atoms with E-state index in [1.165, 1.54) is 6.07 Å². The zero-order valence-corrected chi connectivity index (χ0v) is 10.4. The van der Waals surface area contributed by atoms with E-state index in [1.54, 1.807) is 30.3 Å². The van der Waals surface area contributed by atoms with Crippen molar-refractivity contribution >= 4 is 11.4 Å². The van der Waals surface area contributed by atoms with Crippen molar-refractivity contribution < 1.29 is 13.5 Å². The number of ether oxygens (including phenoxy) is 1. The fourth-order valence-corrected chi connectivity index (χ4v) is 2.03. The van der Waals surface area contributed by atoms with Crippen molar-refractivity contribution in [1.29, 1.82) is 0 Å². The number of hydrogen-bond acceptors (Lipinski definition) is 3. The number of alkyl halides is 2. The summed E-state index contributed by atoms with van der Waals surface area (Å²) >= 11 is 0. The second-order valence-corrected chi connectivity index (χ2v) is 4.19. The Morgan fingerprint density at radius 3 is 2.21 bits per heavy atom. The molecule has 2 aromatic carbocycles. The molecule has 0 aromatic heterocycles. The molecule has 0 atom stereocenters. The number of rotatable bonds is 3. The molecule has 3 nitrogen and oxygen atoms in total. The topological polar surface area (TPSA) is 61.3 Å². The molecule has 0 fully saturated rings. The lowest BCUT2D eigenvalue weighted by molar-refractivity contribution is -0.0494. The van der Waals surface area contributed by atoms with Gasteiger partial charge in [0.05, 0.1) is 0 Å². The minimum Gasteiger partial charge on any atom is -0.434 e. The fourth-order valence-electron chi connectivity index (χ4n) is 2.03. The van der Waals surface area contributed by atoms with E-state index in [1.807, 2.05) is 6.92 Å². The van der Waals surface area contributed by atoms with Crippen molar-refractivity contribution in [1.82, 2.24) is 0 Å². The van der Waals surface area contributed by atoms with Crippen molar-refractivity contribution in [2.24, 2.45) is 0 Å². The molecule has 2 rings (SSSR count). The van der Waals surface area contributed by atoms with Crippen LogP contribution < -0.4 is 16.2 Å². The van der Waals surface area contributed by atoms with Crippen LogP contribution in [0.2, 0.25) is 0 Å². The maximum Gasteiger partial charge on any atom is 0.387 e. The molecule has 0 unspecified atom stereocenters. The molecular formula is C14H14F2N2O. The van der Waals surface area contributed by atoms with Gasteiger partial charge in [-0.3, -0.25) is 0 Å². The first-order valence-corrected chi connectivity index (χ1v) is 5.69. The minimum absolute atomic E-state index is 0.0553. The maximum atomic E-state index is 12.4. The third-order valence-electron chi connectivity index (χ3n) is 2.72. The summed E-state index contributed by atoms with van der Waals surface area (Å²) in [5, 5.41) is 0. The molecule has 0 amide bonds. The van der Waals surface area contributed by atoms with E-state index in [4.69, 9.17) is 11.5 Å². The zero-order chi connectivity index (χ0) is 14.0. The number of nitrogens with two attached hydrogens (primary N) is 2. The van der Waals surface area contributed by atoms with Gasteiger partial charge in [0.1, 0.15) is 5.75 Å². The van der Waals surface area contributed by atoms with Crippen molar-refractivity contribution in [3.8, 4) is 16.9 Å². The molecule has 100 valence electrons. The van der Waals surface area contributed by atoms with Gasteiger partial charge in [-0.15, -0.1) is 0 Å². The Hall–Kier alpha value is -2.30. The van der Waals surface area contributed by atoms with Gasteiger partial charge in [0.15, 0.2) is 0 Å². The molecule has 0 saturated heterocycles. The van der Waals surface area contributed by atoms with Crippen LogP contribution in [0.25, 0.3) is 11.1 Å². The average molecular weight is 264 g/mol.